The molecule has 41 heavy (non-hydrogen) atoms. The number of fused-ring (bicyclic) bond motifs is 1. The van der Waals surface area contributed by atoms with Crippen LogP contribution < -0.4 is 14.2 Å². The maximum atomic E-state index is 13.4. The molecule has 5 rings (SSSR count). The van der Waals surface area contributed by atoms with E-state index in [2.05, 4.69) is 18.7 Å². The number of carbonyl (C=O) groups is 2. The van der Waals surface area contributed by atoms with Gasteiger partial charge in [0.1, 0.15) is 31.3 Å². The lowest BCUT2D eigenvalue weighted by Crippen LogP contribution is -2.33. The van der Waals surface area contributed by atoms with Gasteiger partial charge in [0.2, 0.25) is 0 Å². The van der Waals surface area contributed by atoms with Crippen LogP contribution in [0.5, 0.6) is 17.2 Å². The average Bonchev–Trinajstić information content (AvgIpc) is 3.27. The molecule has 2 aliphatic heterocycles. The van der Waals surface area contributed by atoms with E-state index in [0.717, 1.165) is 30.8 Å². The zero-order chi connectivity index (χ0) is 28.8. The van der Waals surface area contributed by atoms with Crippen molar-refractivity contribution in [1.82, 2.24) is 9.80 Å². The zero-order valence-electron chi connectivity index (χ0n) is 23.5. The number of ketones is 1. The smallest absolute Gasteiger partial charge is 0.295 e. The molecule has 3 aromatic rings. The molecular weight excluding hydrogens is 520 g/mol. The standard InChI is InChI=1S/C33H36N2O6/c1-3-34(4-2)17-8-18-35-30(24-11-14-26(15-12-24)41-22-23-9-6-5-7-10-23)29(32(37)33(35)38)31(36)25-13-16-27-28(21-25)40-20-19-39-27/h5-7,9-16,21,30,36H,3-4,8,17-20,22H2,1-2H3/b31-29-. The highest BCUT2D eigenvalue weighted by molar-refractivity contribution is 6.46. The van der Waals surface area contributed by atoms with Gasteiger partial charge in [0, 0.05) is 12.1 Å². The number of amides is 1. The molecule has 1 saturated heterocycles. The molecule has 2 aliphatic rings. The zero-order valence-corrected chi connectivity index (χ0v) is 23.5. The summed E-state index contributed by atoms with van der Waals surface area (Å²) in [6.45, 7) is 8.48. The first-order valence-corrected chi connectivity index (χ1v) is 14.2. The van der Waals surface area contributed by atoms with E-state index < -0.39 is 17.7 Å². The van der Waals surface area contributed by atoms with E-state index in [1.807, 2.05) is 54.6 Å². The van der Waals surface area contributed by atoms with Crippen molar-refractivity contribution in [2.45, 2.75) is 32.9 Å². The van der Waals surface area contributed by atoms with Gasteiger partial charge in [-0.15, -0.1) is 0 Å². The van der Waals surface area contributed by atoms with E-state index in [-0.39, 0.29) is 11.3 Å². The second-order valence-corrected chi connectivity index (χ2v) is 10.1. The first kappa shape index (κ1) is 28.2. The van der Waals surface area contributed by atoms with Crippen LogP contribution in [0.3, 0.4) is 0 Å². The molecule has 0 spiro atoms. The summed E-state index contributed by atoms with van der Waals surface area (Å²) in [5.74, 6) is 0.189. The Morgan fingerprint density at radius 2 is 1.66 bits per heavy atom. The summed E-state index contributed by atoms with van der Waals surface area (Å²) in [5.41, 5.74) is 2.23. The summed E-state index contributed by atoms with van der Waals surface area (Å²) in [4.78, 5) is 30.7. The minimum absolute atomic E-state index is 0.0625. The SMILES string of the molecule is CCN(CC)CCCN1C(=O)C(=O)/C(=C(\O)c2ccc3c(c2)OCCO3)C1c1ccc(OCc2ccccc2)cc1. The van der Waals surface area contributed by atoms with E-state index in [1.165, 1.54) is 0 Å². The maximum absolute atomic E-state index is 13.4. The lowest BCUT2D eigenvalue weighted by Gasteiger charge is -2.27. The first-order chi connectivity index (χ1) is 20.0. The van der Waals surface area contributed by atoms with Gasteiger partial charge in [0.05, 0.1) is 11.6 Å². The van der Waals surface area contributed by atoms with Gasteiger partial charge in [-0.3, -0.25) is 9.59 Å². The number of rotatable bonds is 11. The van der Waals surface area contributed by atoms with Gasteiger partial charge < -0.3 is 29.1 Å². The highest BCUT2D eigenvalue weighted by atomic mass is 16.6. The molecule has 2 heterocycles. The molecule has 8 nitrogen and oxygen atoms in total. The number of hydrogen-bond acceptors (Lipinski definition) is 7. The van der Waals surface area contributed by atoms with E-state index in [4.69, 9.17) is 14.2 Å². The maximum Gasteiger partial charge on any atom is 0.295 e. The highest BCUT2D eigenvalue weighted by Crippen LogP contribution is 2.41. The number of carbonyl (C=O) groups excluding carboxylic acids is 2. The summed E-state index contributed by atoms with van der Waals surface area (Å²) < 4.78 is 17.2. The fraction of sp³-hybridized carbons (Fsp3) is 0.333. The van der Waals surface area contributed by atoms with Crippen molar-refractivity contribution >= 4 is 17.4 Å². The van der Waals surface area contributed by atoms with E-state index in [0.29, 0.717) is 55.6 Å². The van der Waals surface area contributed by atoms with Gasteiger partial charge in [-0.25, -0.2) is 0 Å². The van der Waals surface area contributed by atoms with Gasteiger partial charge in [0.15, 0.2) is 11.5 Å². The molecule has 1 amide bonds. The van der Waals surface area contributed by atoms with Crippen LogP contribution in [0.25, 0.3) is 5.76 Å². The Hall–Kier alpha value is -4.30. The minimum Gasteiger partial charge on any atom is -0.507 e. The lowest BCUT2D eigenvalue weighted by atomic mass is 9.95. The Labute approximate surface area is 240 Å². The number of benzene rings is 3. The second-order valence-electron chi connectivity index (χ2n) is 10.1. The van der Waals surface area contributed by atoms with Crippen LogP contribution in [0.15, 0.2) is 78.4 Å². The van der Waals surface area contributed by atoms with Crippen LogP contribution in [0.2, 0.25) is 0 Å². The number of nitrogens with zero attached hydrogens (tertiary/aromatic N) is 2. The normalized spacial score (nSPS) is 17.7. The van der Waals surface area contributed by atoms with Crippen LogP contribution in [-0.4, -0.2) is 66.0 Å². The molecule has 8 heteroatoms. The molecule has 0 aliphatic carbocycles. The molecule has 0 aromatic heterocycles. The lowest BCUT2D eigenvalue weighted by molar-refractivity contribution is -0.140. The van der Waals surface area contributed by atoms with Crippen molar-refractivity contribution in [3.05, 3.63) is 95.1 Å². The largest absolute Gasteiger partial charge is 0.507 e. The van der Waals surface area contributed by atoms with E-state index in [1.54, 1.807) is 23.1 Å². The third kappa shape index (κ3) is 6.23. The summed E-state index contributed by atoms with van der Waals surface area (Å²) in [6, 6.07) is 21.6. The minimum atomic E-state index is -0.733. The van der Waals surface area contributed by atoms with Crippen molar-refractivity contribution in [3.63, 3.8) is 0 Å². The summed E-state index contributed by atoms with van der Waals surface area (Å²) in [6.07, 6.45) is 0.702. The summed E-state index contributed by atoms with van der Waals surface area (Å²) in [7, 11) is 0. The molecular formula is C33H36N2O6. The molecule has 0 saturated carbocycles. The number of likely N-dealkylation sites (tertiary alicyclic amines) is 1. The van der Waals surface area contributed by atoms with Gasteiger partial charge in [-0.2, -0.15) is 0 Å². The molecule has 1 fully saturated rings. The monoisotopic (exact) mass is 556 g/mol. The van der Waals surface area contributed by atoms with Gasteiger partial charge in [0.25, 0.3) is 11.7 Å². The topological polar surface area (TPSA) is 88.5 Å². The summed E-state index contributed by atoms with van der Waals surface area (Å²) in [5, 5.41) is 11.5. The Morgan fingerprint density at radius 3 is 2.37 bits per heavy atom. The van der Waals surface area contributed by atoms with E-state index in [9.17, 15) is 14.7 Å². The van der Waals surface area contributed by atoms with Gasteiger partial charge in [-0.1, -0.05) is 56.3 Å². The van der Waals surface area contributed by atoms with Crippen LogP contribution in [-0.2, 0) is 16.2 Å². The van der Waals surface area contributed by atoms with Gasteiger partial charge >= 0.3 is 0 Å². The number of Topliss-reactive ketones (excluding diaryl/α,β-unsaturated/α-hetero) is 1. The first-order valence-electron chi connectivity index (χ1n) is 14.2. The molecule has 1 N–H and O–H groups in total. The molecule has 0 bridgehead atoms. The third-order valence-corrected chi connectivity index (χ3v) is 7.57. The van der Waals surface area contributed by atoms with Crippen LogP contribution >= 0.6 is 0 Å². The number of aliphatic hydroxyl groups is 1. The Bertz CT molecular complexity index is 1400. The molecule has 1 unspecified atom stereocenters. The molecule has 0 radical (unpaired) electrons. The van der Waals surface area contributed by atoms with Crippen LogP contribution in [0.1, 0.15) is 43.0 Å². The number of ether oxygens (including phenoxy) is 3. The highest BCUT2D eigenvalue weighted by Gasteiger charge is 2.46. The van der Waals surface area contributed by atoms with Crippen molar-refractivity contribution in [3.8, 4) is 17.2 Å². The van der Waals surface area contributed by atoms with Crippen molar-refractivity contribution in [2.75, 3.05) is 39.4 Å². The Morgan fingerprint density at radius 1 is 0.951 bits per heavy atom. The Balaban J connectivity index is 1.46. The Kier molecular flexibility index (Phi) is 8.89. The fourth-order valence-corrected chi connectivity index (χ4v) is 5.30. The molecule has 214 valence electrons. The van der Waals surface area contributed by atoms with Crippen LogP contribution in [0, 0.1) is 0 Å². The summed E-state index contributed by atoms with van der Waals surface area (Å²) >= 11 is 0. The van der Waals surface area contributed by atoms with Crippen molar-refractivity contribution in [1.29, 1.82) is 0 Å². The second kappa shape index (κ2) is 12.9. The third-order valence-electron chi connectivity index (χ3n) is 7.57. The van der Waals surface area contributed by atoms with Gasteiger partial charge in [-0.05, 0) is 67.5 Å². The van der Waals surface area contributed by atoms with Crippen molar-refractivity contribution < 1.29 is 28.9 Å². The predicted molar refractivity (Wildman–Crippen MR) is 156 cm³/mol. The average molecular weight is 557 g/mol. The molecule has 1 atom stereocenters. The fourth-order valence-electron chi connectivity index (χ4n) is 5.30. The predicted octanol–water partition coefficient (Wildman–Crippen LogP) is 5.19. The van der Waals surface area contributed by atoms with E-state index >= 15 is 0 Å². The quantitative estimate of drug-likeness (QED) is 0.198. The van der Waals surface area contributed by atoms with Crippen molar-refractivity contribution in [2.24, 2.45) is 0 Å². The number of hydrogen-bond donors (Lipinski definition) is 1. The van der Waals surface area contributed by atoms with Crippen LogP contribution in [0.4, 0.5) is 0 Å². The number of aliphatic hydroxyl groups excluding tert-OH is 1. The molecule has 3 aromatic carbocycles.